The Morgan fingerprint density at radius 2 is 2.13 bits per heavy atom. The number of halogens is 1. The summed E-state index contributed by atoms with van der Waals surface area (Å²) in [7, 11) is 0. The lowest BCUT2D eigenvalue weighted by Gasteiger charge is -2.42. The second-order valence-corrected chi connectivity index (χ2v) is 4.99. The Labute approximate surface area is 89.9 Å². The summed E-state index contributed by atoms with van der Waals surface area (Å²) in [4.78, 5) is 0. The molecular formula is C13H17FO. The molecule has 0 aliphatic heterocycles. The first-order valence-corrected chi connectivity index (χ1v) is 5.46. The van der Waals surface area contributed by atoms with Crippen LogP contribution < -0.4 is 0 Å². The molecule has 1 aromatic rings. The van der Waals surface area contributed by atoms with Crippen LogP contribution in [0.25, 0.3) is 0 Å². The maximum Gasteiger partial charge on any atom is 0.123 e. The summed E-state index contributed by atoms with van der Waals surface area (Å²) in [5, 5.41) is 10.1. The molecule has 0 heterocycles. The van der Waals surface area contributed by atoms with Crippen molar-refractivity contribution in [2.75, 3.05) is 0 Å². The fourth-order valence-corrected chi connectivity index (χ4v) is 2.57. The van der Waals surface area contributed by atoms with Crippen LogP contribution >= 0.6 is 0 Å². The van der Waals surface area contributed by atoms with Crippen LogP contribution in [0, 0.1) is 18.7 Å². The Balaban J connectivity index is 2.14. The van der Waals surface area contributed by atoms with E-state index in [0.717, 1.165) is 24.0 Å². The fourth-order valence-electron chi connectivity index (χ4n) is 2.57. The van der Waals surface area contributed by atoms with Crippen molar-refractivity contribution in [3.63, 3.8) is 0 Å². The van der Waals surface area contributed by atoms with Gasteiger partial charge in [0.25, 0.3) is 0 Å². The van der Waals surface area contributed by atoms with E-state index >= 15 is 0 Å². The second kappa shape index (κ2) is 3.60. The summed E-state index contributed by atoms with van der Waals surface area (Å²) in [6.07, 6.45) is 2.26. The van der Waals surface area contributed by atoms with Crippen LogP contribution in [0.5, 0.6) is 0 Å². The van der Waals surface area contributed by atoms with Crippen LogP contribution in [0.4, 0.5) is 4.39 Å². The maximum absolute atomic E-state index is 13.0. The molecule has 1 aromatic carbocycles. The summed E-state index contributed by atoms with van der Waals surface area (Å²) in [5.41, 5.74) is 1.41. The summed E-state index contributed by atoms with van der Waals surface area (Å²) in [6.45, 7) is 4.09. The van der Waals surface area contributed by atoms with Crippen molar-refractivity contribution in [1.82, 2.24) is 0 Å². The molecule has 2 rings (SSSR count). The minimum absolute atomic E-state index is 0.216. The molecular weight excluding hydrogens is 191 g/mol. The van der Waals surface area contributed by atoms with E-state index in [4.69, 9.17) is 0 Å². The zero-order valence-corrected chi connectivity index (χ0v) is 9.26. The van der Waals surface area contributed by atoms with Crippen molar-refractivity contribution in [2.45, 2.75) is 38.7 Å². The van der Waals surface area contributed by atoms with E-state index in [1.54, 1.807) is 6.07 Å². The van der Waals surface area contributed by atoms with Gasteiger partial charge in [-0.1, -0.05) is 13.0 Å². The zero-order chi connectivity index (χ0) is 11.1. The molecule has 0 spiro atoms. The van der Waals surface area contributed by atoms with Gasteiger partial charge in [0.2, 0.25) is 0 Å². The standard InChI is InChI=1S/C13H17FO/c1-9-6-13(15,7-9)8-11-5-12(14)4-3-10(11)2/h3-5,9,15H,6-8H2,1-2H3. The number of rotatable bonds is 2. The number of hydrogen-bond acceptors (Lipinski definition) is 1. The highest BCUT2D eigenvalue weighted by Gasteiger charge is 2.40. The number of benzene rings is 1. The molecule has 1 aliphatic rings. The van der Waals surface area contributed by atoms with Crippen LogP contribution in [0.3, 0.4) is 0 Å². The minimum atomic E-state index is -0.585. The lowest BCUT2D eigenvalue weighted by molar-refractivity contribution is -0.0667. The van der Waals surface area contributed by atoms with Gasteiger partial charge in [-0.3, -0.25) is 0 Å². The first-order valence-electron chi connectivity index (χ1n) is 5.46. The average molecular weight is 208 g/mol. The van der Waals surface area contributed by atoms with Crippen molar-refractivity contribution in [3.05, 3.63) is 35.1 Å². The molecule has 0 atom stereocenters. The molecule has 1 aliphatic carbocycles. The van der Waals surface area contributed by atoms with Crippen molar-refractivity contribution < 1.29 is 9.50 Å². The Morgan fingerprint density at radius 1 is 1.47 bits per heavy atom. The predicted molar refractivity (Wildman–Crippen MR) is 58.2 cm³/mol. The lowest BCUT2D eigenvalue weighted by atomic mass is 9.69. The van der Waals surface area contributed by atoms with Gasteiger partial charge in [0, 0.05) is 6.42 Å². The van der Waals surface area contributed by atoms with Gasteiger partial charge in [-0.2, -0.15) is 0 Å². The number of aliphatic hydroxyl groups is 1. The van der Waals surface area contributed by atoms with Crippen LogP contribution in [0.2, 0.25) is 0 Å². The maximum atomic E-state index is 13.0. The Morgan fingerprint density at radius 3 is 2.73 bits per heavy atom. The highest BCUT2D eigenvalue weighted by atomic mass is 19.1. The smallest absolute Gasteiger partial charge is 0.123 e. The second-order valence-electron chi connectivity index (χ2n) is 4.99. The molecule has 82 valence electrons. The summed E-state index contributed by atoms with van der Waals surface area (Å²) < 4.78 is 13.0. The third-order valence-corrected chi connectivity index (χ3v) is 3.29. The molecule has 0 bridgehead atoms. The largest absolute Gasteiger partial charge is 0.390 e. The van der Waals surface area contributed by atoms with Gasteiger partial charge in [-0.15, -0.1) is 0 Å². The molecule has 1 nitrogen and oxygen atoms in total. The van der Waals surface area contributed by atoms with E-state index < -0.39 is 5.60 Å². The van der Waals surface area contributed by atoms with Gasteiger partial charge in [-0.25, -0.2) is 4.39 Å². The van der Waals surface area contributed by atoms with E-state index in [1.807, 2.05) is 6.92 Å². The summed E-state index contributed by atoms with van der Waals surface area (Å²) in [5.74, 6) is 0.385. The molecule has 0 aromatic heterocycles. The van der Waals surface area contributed by atoms with Gasteiger partial charge >= 0.3 is 0 Å². The monoisotopic (exact) mass is 208 g/mol. The summed E-state index contributed by atoms with van der Waals surface area (Å²) >= 11 is 0. The summed E-state index contributed by atoms with van der Waals surface area (Å²) in [6, 6.07) is 4.78. The highest BCUT2D eigenvalue weighted by molar-refractivity contribution is 5.28. The van der Waals surface area contributed by atoms with Crippen LogP contribution in [0.1, 0.15) is 30.9 Å². The highest BCUT2D eigenvalue weighted by Crippen LogP contribution is 2.40. The van der Waals surface area contributed by atoms with Gasteiger partial charge in [0.15, 0.2) is 0 Å². The first-order chi connectivity index (χ1) is 6.98. The third kappa shape index (κ3) is 2.20. The Kier molecular flexibility index (Phi) is 2.55. The van der Waals surface area contributed by atoms with Gasteiger partial charge in [0.05, 0.1) is 5.60 Å². The SMILES string of the molecule is Cc1ccc(F)cc1CC1(O)CC(C)C1. The normalized spacial score (nSPS) is 30.0. The molecule has 2 heteroatoms. The molecule has 1 fully saturated rings. The van der Waals surface area contributed by atoms with E-state index in [2.05, 4.69) is 6.92 Å². The number of hydrogen-bond donors (Lipinski definition) is 1. The molecule has 1 N–H and O–H groups in total. The molecule has 1 saturated carbocycles. The fraction of sp³-hybridized carbons (Fsp3) is 0.538. The quantitative estimate of drug-likeness (QED) is 0.792. The van der Waals surface area contributed by atoms with Crippen LogP contribution in [-0.4, -0.2) is 10.7 Å². The average Bonchev–Trinajstić information content (AvgIpc) is 2.09. The van der Waals surface area contributed by atoms with Gasteiger partial charge in [0.1, 0.15) is 5.82 Å². The van der Waals surface area contributed by atoms with Crippen LogP contribution in [-0.2, 0) is 6.42 Å². The molecule has 0 saturated heterocycles. The van der Waals surface area contributed by atoms with E-state index in [0.29, 0.717) is 12.3 Å². The van der Waals surface area contributed by atoms with Crippen LogP contribution in [0.15, 0.2) is 18.2 Å². The first kappa shape index (κ1) is 10.6. The van der Waals surface area contributed by atoms with E-state index in [9.17, 15) is 9.50 Å². The number of aryl methyl sites for hydroxylation is 1. The Bertz CT molecular complexity index is 367. The van der Waals surface area contributed by atoms with Crippen molar-refractivity contribution in [2.24, 2.45) is 5.92 Å². The zero-order valence-electron chi connectivity index (χ0n) is 9.26. The predicted octanol–water partition coefficient (Wildman–Crippen LogP) is 2.84. The van der Waals surface area contributed by atoms with Gasteiger partial charge < -0.3 is 5.11 Å². The third-order valence-electron chi connectivity index (χ3n) is 3.29. The van der Waals surface area contributed by atoms with Crippen molar-refractivity contribution >= 4 is 0 Å². The molecule has 15 heavy (non-hydrogen) atoms. The molecule has 0 radical (unpaired) electrons. The lowest BCUT2D eigenvalue weighted by Crippen LogP contribution is -2.44. The van der Waals surface area contributed by atoms with Crippen molar-refractivity contribution in [3.8, 4) is 0 Å². The van der Waals surface area contributed by atoms with E-state index in [-0.39, 0.29) is 5.82 Å². The van der Waals surface area contributed by atoms with E-state index in [1.165, 1.54) is 12.1 Å². The molecule has 0 amide bonds. The molecule has 0 unspecified atom stereocenters. The Hall–Kier alpha value is -0.890. The van der Waals surface area contributed by atoms with Crippen molar-refractivity contribution in [1.29, 1.82) is 0 Å². The minimum Gasteiger partial charge on any atom is -0.390 e. The topological polar surface area (TPSA) is 20.2 Å². The van der Waals surface area contributed by atoms with Gasteiger partial charge in [-0.05, 0) is 48.9 Å².